The molecule has 0 saturated carbocycles. The number of benzene rings is 1. The number of aromatic nitrogens is 2. The zero-order valence-electron chi connectivity index (χ0n) is 17.6. The van der Waals surface area contributed by atoms with Gasteiger partial charge in [0.15, 0.2) is 0 Å². The molecule has 1 unspecified atom stereocenters. The molecule has 32 heavy (non-hydrogen) atoms. The molecule has 2 saturated heterocycles. The fourth-order valence-electron chi connectivity index (χ4n) is 4.49. The molecule has 0 bridgehead atoms. The van der Waals surface area contributed by atoms with Gasteiger partial charge < -0.3 is 20.4 Å². The highest BCUT2D eigenvalue weighted by Gasteiger charge is 2.39. The number of amides is 3. The normalized spacial score (nSPS) is 20.9. The minimum Gasteiger partial charge on any atom is -0.366 e. The van der Waals surface area contributed by atoms with Gasteiger partial charge in [0.2, 0.25) is 17.8 Å². The number of hydrogen-bond acceptors (Lipinski definition) is 8. The monoisotopic (exact) mass is 435 g/mol. The number of hydrogen-bond donors (Lipinski definition) is 3. The first-order valence-electron chi connectivity index (χ1n) is 10.9. The SMILES string of the molecule is O=C1CCC(N2Cc3cccc(CNc4ccnc(N5CCNCC5)n4)c3C2=O)C(=O)N1. The van der Waals surface area contributed by atoms with Crippen molar-refractivity contribution in [2.45, 2.75) is 32.0 Å². The highest BCUT2D eigenvalue weighted by Crippen LogP contribution is 2.30. The predicted octanol–water partition coefficient (Wildman–Crippen LogP) is 0.259. The number of carbonyl (C=O) groups is 3. The minimum absolute atomic E-state index is 0.170. The van der Waals surface area contributed by atoms with Crippen molar-refractivity contribution in [3.8, 4) is 0 Å². The first-order valence-corrected chi connectivity index (χ1v) is 10.9. The van der Waals surface area contributed by atoms with Crippen LogP contribution in [0.2, 0.25) is 0 Å². The highest BCUT2D eigenvalue weighted by atomic mass is 16.2. The molecule has 0 aliphatic carbocycles. The fraction of sp³-hybridized carbons (Fsp3) is 0.409. The Hall–Kier alpha value is -3.53. The van der Waals surface area contributed by atoms with Gasteiger partial charge >= 0.3 is 0 Å². The molecular weight excluding hydrogens is 410 g/mol. The van der Waals surface area contributed by atoms with Crippen molar-refractivity contribution in [2.75, 3.05) is 36.4 Å². The molecule has 1 aromatic heterocycles. The second-order valence-corrected chi connectivity index (χ2v) is 8.18. The maximum Gasteiger partial charge on any atom is 0.255 e. The van der Waals surface area contributed by atoms with Crippen LogP contribution in [0.1, 0.15) is 34.3 Å². The van der Waals surface area contributed by atoms with E-state index in [0.717, 1.165) is 37.3 Å². The van der Waals surface area contributed by atoms with Crippen LogP contribution in [0.5, 0.6) is 0 Å². The lowest BCUT2D eigenvalue weighted by Gasteiger charge is -2.29. The van der Waals surface area contributed by atoms with Crippen molar-refractivity contribution < 1.29 is 14.4 Å². The number of anilines is 2. The van der Waals surface area contributed by atoms with Crippen molar-refractivity contribution in [3.63, 3.8) is 0 Å². The molecule has 4 heterocycles. The lowest BCUT2D eigenvalue weighted by atomic mass is 10.0. The van der Waals surface area contributed by atoms with Gasteiger partial charge in [-0.3, -0.25) is 19.7 Å². The van der Waals surface area contributed by atoms with E-state index in [4.69, 9.17) is 0 Å². The number of carbonyl (C=O) groups excluding carboxylic acids is 3. The lowest BCUT2D eigenvalue weighted by molar-refractivity contribution is -0.136. The van der Waals surface area contributed by atoms with Crippen LogP contribution in [0.3, 0.4) is 0 Å². The summed E-state index contributed by atoms with van der Waals surface area (Å²) in [6.07, 6.45) is 2.33. The summed E-state index contributed by atoms with van der Waals surface area (Å²) < 4.78 is 0. The summed E-state index contributed by atoms with van der Waals surface area (Å²) in [5.74, 6) is 0.526. The second kappa shape index (κ2) is 8.54. The van der Waals surface area contributed by atoms with Crippen LogP contribution in [0.25, 0.3) is 0 Å². The lowest BCUT2D eigenvalue weighted by Crippen LogP contribution is -2.52. The number of nitrogens with one attached hydrogen (secondary N) is 3. The summed E-state index contributed by atoms with van der Waals surface area (Å²) in [6, 6.07) is 6.94. The third-order valence-corrected chi connectivity index (χ3v) is 6.14. The van der Waals surface area contributed by atoms with Crippen LogP contribution >= 0.6 is 0 Å². The molecule has 166 valence electrons. The van der Waals surface area contributed by atoms with Gasteiger partial charge in [-0.15, -0.1) is 0 Å². The Morgan fingerprint density at radius 1 is 1.12 bits per heavy atom. The molecule has 2 fully saturated rings. The number of imide groups is 1. The molecule has 2 aromatic rings. The van der Waals surface area contributed by atoms with E-state index in [1.165, 1.54) is 0 Å². The van der Waals surface area contributed by atoms with Crippen molar-refractivity contribution in [2.24, 2.45) is 0 Å². The average molecular weight is 435 g/mol. The molecule has 3 amide bonds. The van der Waals surface area contributed by atoms with E-state index in [2.05, 4.69) is 30.8 Å². The summed E-state index contributed by atoms with van der Waals surface area (Å²) in [6.45, 7) is 4.33. The number of fused-ring (bicyclic) bond motifs is 1. The fourth-order valence-corrected chi connectivity index (χ4v) is 4.49. The molecule has 3 aliphatic heterocycles. The van der Waals surface area contributed by atoms with E-state index in [-0.39, 0.29) is 18.2 Å². The Bertz CT molecular complexity index is 1070. The maximum absolute atomic E-state index is 13.2. The molecule has 1 aromatic carbocycles. The smallest absolute Gasteiger partial charge is 0.255 e. The van der Waals surface area contributed by atoms with Gasteiger partial charge in [0.05, 0.1) is 0 Å². The first kappa shape index (κ1) is 20.4. The Kier molecular flexibility index (Phi) is 5.44. The van der Waals surface area contributed by atoms with Crippen LogP contribution in [0, 0.1) is 0 Å². The van der Waals surface area contributed by atoms with Gasteiger partial charge in [0.1, 0.15) is 11.9 Å². The molecule has 10 heteroatoms. The van der Waals surface area contributed by atoms with Crippen LogP contribution in [0.4, 0.5) is 11.8 Å². The van der Waals surface area contributed by atoms with E-state index >= 15 is 0 Å². The van der Waals surface area contributed by atoms with Crippen LogP contribution in [0.15, 0.2) is 30.5 Å². The minimum atomic E-state index is -0.614. The number of nitrogens with zero attached hydrogens (tertiary/aromatic N) is 4. The average Bonchev–Trinajstić information content (AvgIpc) is 3.15. The maximum atomic E-state index is 13.2. The van der Waals surface area contributed by atoms with Gasteiger partial charge in [0, 0.05) is 57.4 Å². The summed E-state index contributed by atoms with van der Waals surface area (Å²) in [5, 5.41) is 8.97. The zero-order valence-corrected chi connectivity index (χ0v) is 17.6. The van der Waals surface area contributed by atoms with Gasteiger partial charge in [-0.25, -0.2) is 4.98 Å². The van der Waals surface area contributed by atoms with E-state index in [1.807, 2.05) is 24.3 Å². The third-order valence-electron chi connectivity index (χ3n) is 6.14. The quantitative estimate of drug-likeness (QED) is 0.572. The molecule has 3 N–H and O–H groups in total. The topological polar surface area (TPSA) is 120 Å². The summed E-state index contributed by atoms with van der Waals surface area (Å²) in [4.78, 5) is 49.7. The summed E-state index contributed by atoms with van der Waals surface area (Å²) in [7, 11) is 0. The van der Waals surface area contributed by atoms with Crippen LogP contribution in [-0.4, -0.2) is 64.8 Å². The Morgan fingerprint density at radius 3 is 2.78 bits per heavy atom. The van der Waals surface area contributed by atoms with E-state index in [0.29, 0.717) is 36.8 Å². The largest absolute Gasteiger partial charge is 0.366 e. The van der Waals surface area contributed by atoms with Crippen molar-refractivity contribution in [1.82, 2.24) is 25.5 Å². The van der Waals surface area contributed by atoms with E-state index < -0.39 is 11.9 Å². The van der Waals surface area contributed by atoms with Gasteiger partial charge in [0.25, 0.3) is 5.91 Å². The zero-order chi connectivity index (χ0) is 22.1. The van der Waals surface area contributed by atoms with E-state index in [1.54, 1.807) is 11.1 Å². The van der Waals surface area contributed by atoms with Crippen molar-refractivity contribution in [3.05, 3.63) is 47.2 Å². The number of piperazine rings is 1. The summed E-state index contributed by atoms with van der Waals surface area (Å²) in [5.41, 5.74) is 2.37. The Labute approximate surface area is 185 Å². The molecule has 0 radical (unpaired) electrons. The molecule has 10 nitrogen and oxygen atoms in total. The van der Waals surface area contributed by atoms with Crippen LogP contribution in [-0.2, 0) is 22.7 Å². The second-order valence-electron chi connectivity index (χ2n) is 8.18. The van der Waals surface area contributed by atoms with Gasteiger partial charge in [-0.05, 0) is 23.6 Å². The van der Waals surface area contributed by atoms with Gasteiger partial charge in [-0.1, -0.05) is 18.2 Å². The molecule has 5 rings (SSSR count). The summed E-state index contributed by atoms with van der Waals surface area (Å²) >= 11 is 0. The number of rotatable bonds is 5. The third kappa shape index (κ3) is 3.89. The first-order chi connectivity index (χ1) is 15.6. The van der Waals surface area contributed by atoms with Crippen molar-refractivity contribution >= 4 is 29.5 Å². The molecule has 0 spiro atoms. The Balaban J connectivity index is 1.31. The number of piperidine rings is 1. The van der Waals surface area contributed by atoms with Gasteiger partial charge in [-0.2, -0.15) is 4.98 Å². The predicted molar refractivity (Wildman–Crippen MR) is 117 cm³/mol. The van der Waals surface area contributed by atoms with E-state index in [9.17, 15) is 14.4 Å². The standard InChI is InChI=1S/C22H25N7O3/c30-18-5-4-16(20(31)27-18)29-13-15-3-1-2-14(19(15)21(29)32)12-25-17-6-7-24-22(26-17)28-10-8-23-9-11-28/h1-3,6-7,16,23H,4-5,8-13H2,(H,24,25,26)(H,27,30,31). The highest BCUT2D eigenvalue weighted by molar-refractivity contribution is 6.06. The molecular formula is C22H25N7O3. The molecule has 1 atom stereocenters. The van der Waals surface area contributed by atoms with Crippen LogP contribution < -0.4 is 20.9 Å². The molecule has 3 aliphatic rings. The Morgan fingerprint density at radius 2 is 1.97 bits per heavy atom. The van der Waals surface area contributed by atoms with Crippen molar-refractivity contribution in [1.29, 1.82) is 0 Å².